The first-order valence-corrected chi connectivity index (χ1v) is 5.50. The summed E-state index contributed by atoms with van der Waals surface area (Å²) < 4.78 is 10.5. The Morgan fingerprint density at radius 2 is 1.82 bits per heavy atom. The molecule has 4 atom stereocenters. The Labute approximate surface area is 99.2 Å². The van der Waals surface area contributed by atoms with Gasteiger partial charge in [0.05, 0.1) is 13.2 Å². The van der Waals surface area contributed by atoms with Crippen LogP contribution in [0.15, 0.2) is 30.3 Å². The average molecular weight is 240 g/mol. The predicted molar refractivity (Wildman–Crippen MR) is 59.0 cm³/mol. The molecule has 1 fully saturated rings. The summed E-state index contributed by atoms with van der Waals surface area (Å²) in [5.41, 5.74) is 0.949. The van der Waals surface area contributed by atoms with Gasteiger partial charge in [0.25, 0.3) is 0 Å². The van der Waals surface area contributed by atoms with Gasteiger partial charge in [-0.15, -0.1) is 0 Å². The second kappa shape index (κ2) is 5.57. The van der Waals surface area contributed by atoms with Gasteiger partial charge in [-0.25, -0.2) is 0 Å². The molecule has 0 radical (unpaired) electrons. The van der Waals surface area contributed by atoms with Crippen molar-refractivity contribution in [2.24, 2.45) is 0 Å². The van der Waals surface area contributed by atoms with Crippen LogP contribution in [0.5, 0.6) is 0 Å². The number of ether oxygens (including phenoxy) is 2. The van der Waals surface area contributed by atoms with Gasteiger partial charge in [0.15, 0.2) is 6.29 Å². The third kappa shape index (κ3) is 2.83. The normalized spacial score (nSPS) is 32.9. The van der Waals surface area contributed by atoms with E-state index in [0.29, 0.717) is 0 Å². The zero-order chi connectivity index (χ0) is 12.3. The van der Waals surface area contributed by atoms with Gasteiger partial charge >= 0.3 is 0 Å². The molecule has 0 aromatic heterocycles. The molecule has 94 valence electrons. The van der Waals surface area contributed by atoms with Crippen LogP contribution in [0.25, 0.3) is 0 Å². The van der Waals surface area contributed by atoms with E-state index in [4.69, 9.17) is 14.6 Å². The van der Waals surface area contributed by atoms with Crippen molar-refractivity contribution in [2.45, 2.75) is 31.2 Å². The van der Waals surface area contributed by atoms with Crippen LogP contribution in [-0.2, 0) is 16.1 Å². The minimum atomic E-state index is -1.13. The quantitative estimate of drug-likeness (QED) is 0.670. The van der Waals surface area contributed by atoms with Crippen LogP contribution in [0.2, 0.25) is 0 Å². The number of rotatable bonds is 4. The van der Waals surface area contributed by atoms with Gasteiger partial charge in [-0.3, -0.25) is 0 Å². The first-order valence-electron chi connectivity index (χ1n) is 5.50. The molecule has 0 bridgehead atoms. The molecule has 1 aromatic carbocycles. The molecule has 17 heavy (non-hydrogen) atoms. The highest BCUT2D eigenvalue weighted by Crippen LogP contribution is 2.22. The van der Waals surface area contributed by atoms with Gasteiger partial charge in [0.1, 0.15) is 18.3 Å². The molecule has 0 aliphatic carbocycles. The molecule has 0 amide bonds. The van der Waals surface area contributed by atoms with Crippen molar-refractivity contribution in [2.75, 3.05) is 6.61 Å². The molecule has 1 heterocycles. The first kappa shape index (κ1) is 12.5. The monoisotopic (exact) mass is 240 g/mol. The molecular formula is C12H16O5. The lowest BCUT2D eigenvalue weighted by Crippen LogP contribution is -2.34. The molecule has 0 spiro atoms. The maximum absolute atomic E-state index is 9.63. The van der Waals surface area contributed by atoms with Crippen molar-refractivity contribution in [3.63, 3.8) is 0 Å². The Kier molecular flexibility index (Phi) is 4.09. The summed E-state index contributed by atoms with van der Waals surface area (Å²) in [5.74, 6) is 0. The SMILES string of the molecule is OC[C@H]1O[C@H](OCc2ccccc2)[C@H](O)[C@H]1O. The van der Waals surface area contributed by atoms with E-state index in [1.54, 1.807) is 0 Å². The highest BCUT2D eigenvalue weighted by molar-refractivity contribution is 5.13. The standard InChI is InChI=1S/C12H16O5/c13-6-9-10(14)11(15)12(17-9)16-7-8-4-2-1-3-5-8/h1-5,9-15H,6-7H2/t9-,10+,11-,12+/m1/s1. The minimum Gasteiger partial charge on any atom is -0.394 e. The maximum Gasteiger partial charge on any atom is 0.187 e. The average Bonchev–Trinajstić information content (AvgIpc) is 2.65. The van der Waals surface area contributed by atoms with Crippen LogP contribution >= 0.6 is 0 Å². The molecule has 0 unspecified atom stereocenters. The summed E-state index contributed by atoms with van der Waals surface area (Å²) >= 11 is 0. The Morgan fingerprint density at radius 1 is 1.12 bits per heavy atom. The highest BCUT2D eigenvalue weighted by Gasteiger charge is 2.42. The molecule has 1 aromatic rings. The van der Waals surface area contributed by atoms with Crippen molar-refractivity contribution in [1.82, 2.24) is 0 Å². The van der Waals surface area contributed by atoms with Crippen molar-refractivity contribution in [3.8, 4) is 0 Å². The molecule has 1 aliphatic rings. The van der Waals surface area contributed by atoms with E-state index in [2.05, 4.69) is 0 Å². The lowest BCUT2D eigenvalue weighted by Gasteiger charge is -2.15. The maximum atomic E-state index is 9.63. The zero-order valence-electron chi connectivity index (χ0n) is 9.27. The van der Waals surface area contributed by atoms with E-state index in [0.717, 1.165) is 5.56 Å². The summed E-state index contributed by atoms with van der Waals surface area (Å²) in [4.78, 5) is 0. The largest absolute Gasteiger partial charge is 0.394 e. The van der Waals surface area contributed by atoms with Crippen LogP contribution in [0.3, 0.4) is 0 Å². The molecule has 1 saturated heterocycles. The fourth-order valence-corrected chi connectivity index (χ4v) is 1.76. The summed E-state index contributed by atoms with van der Waals surface area (Å²) in [6.07, 6.45) is -3.93. The fourth-order valence-electron chi connectivity index (χ4n) is 1.76. The van der Waals surface area contributed by atoms with Crippen LogP contribution in [0, 0.1) is 0 Å². The summed E-state index contributed by atoms with van der Waals surface area (Å²) in [5, 5.41) is 28.0. The van der Waals surface area contributed by atoms with Gasteiger partial charge in [-0.1, -0.05) is 30.3 Å². The third-order valence-corrected chi connectivity index (χ3v) is 2.76. The van der Waals surface area contributed by atoms with E-state index < -0.39 is 24.6 Å². The number of aliphatic hydroxyl groups excluding tert-OH is 3. The van der Waals surface area contributed by atoms with Crippen molar-refractivity contribution in [1.29, 1.82) is 0 Å². The Morgan fingerprint density at radius 3 is 2.41 bits per heavy atom. The van der Waals surface area contributed by atoms with Crippen LogP contribution in [0.4, 0.5) is 0 Å². The Bertz CT molecular complexity index is 342. The van der Waals surface area contributed by atoms with E-state index in [1.807, 2.05) is 30.3 Å². The summed E-state index contributed by atoms with van der Waals surface area (Å²) in [6, 6.07) is 9.45. The van der Waals surface area contributed by atoms with Gasteiger partial charge in [-0.2, -0.15) is 0 Å². The molecule has 5 nitrogen and oxygen atoms in total. The Hall–Kier alpha value is -0.980. The lowest BCUT2D eigenvalue weighted by molar-refractivity contribution is -0.175. The first-order chi connectivity index (χ1) is 8.22. The summed E-state index contributed by atoms with van der Waals surface area (Å²) in [7, 11) is 0. The van der Waals surface area contributed by atoms with E-state index in [-0.39, 0.29) is 13.2 Å². The molecule has 0 saturated carbocycles. The van der Waals surface area contributed by atoms with Crippen molar-refractivity contribution in [3.05, 3.63) is 35.9 Å². The Balaban J connectivity index is 1.88. The molecule has 1 aliphatic heterocycles. The highest BCUT2D eigenvalue weighted by atomic mass is 16.7. The smallest absolute Gasteiger partial charge is 0.187 e. The van der Waals surface area contributed by atoms with Gasteiger partial charge in [0, 0.05) is 0 Å². The van der Waals surface area contributed by atoms with Gasteiger partial charge in [-0.05, 0) is 5.56 Å². The fraction of sp³-hybridized carbons (Fsp3) is 0.500. The second-order valence-corrected chi connectivity index (χ2v) is 4.00. The predicted octanol–water partition coefficient (Wildman–Crippen LogP) is -0.358. The van der Waals surface area contributed by atoms with Crippen LogP contribution < -0.4 is 0 Å². The molecule has 2 rings (SSSR count). The third-order valence-electron chi connectivity index (χ3n) is 2.76. The molecule has 3 N–H and O–H groups in total. The topological polar surface area (TPSA) is 79.2 Å². The van der Waals surface area contributed by atoms with Crippen LogP contribution in [0.1, 0.15) is 5.56 Å². The van der Waals surface area contributed by atoms with Crippen molar-refractivity contribution >= 4 is 0 Å². The van der Waals surface area contributed by atoms with E-state index in [9.17, 15) is 10.2 Å². The number of aliphatic hydroxyl groups is 3. The second-order valence-electron chi connectivity index (χ2n) is 4.00. The van der Waals surface area contributed by atoms with Crippen LogP contribution in [-0.4, -0.2) is 46.5 Å². The minimum absolute atomic E-state index is 0.285. The van der Waals surface area contributed by atoms with E-state index >= 15 is 0 Å². The number of hydrogen-bond acceptors (Lipinski definition) is 5. The van der Waals surface area contributed by atoms with Gasteiger partial charge in [0.2, 0.25) is 0 Å². The number of hydrogen-bond donors (Lipinski definition) is 3. The zero-order valence-corrected chi connectivity index (χ0v) is 9.27. The van der Waals surface area contributed by atoms with E-state index in [1.165, 1.54) is 0 Å². The number of benzene rings is 1. The summed E-state index contributed by atoms with van der Waals surface area (Å²) in [6.45, 7) is -0.0587. The van der Waals surface area contributed by atoms with Gasteiger partial charge < -0.3 is 24.8 Å². The lowest BCUT2D eigenvalue weighted by atomic mass is 10.1. The van der Waals surface area contributed by atoms with Crippen molar-refractivity contribution < 1.29 is 24.8 Å². The molecule has 5 heteroatoms. The molecular weight excluding hydrogens is 224 g/mol.